The van der Waals surface area contributed by atoms with E-state index in [1.54, 1.807) is 0 Å². The topological polar surface area (TPSA) is 125 Å². The Bertz CT molecular complexity index is 615. The molecule has 0 N–H and O–H groups in total. The van der Waals surface area contributed by atoms with Crippen molar-refractivity contribution in [1.29, 1.82) is 0 Å². The third-order valence-corrected chi connectivity index (χ3v) is 3.51. The maximum absolute atomic E-state index is 12.0. The summed E-state index contributed by atoms with van der Waals surface area (Å²) in [5.74, 6) is -0.379. The largest absolute Gasteiger partial charge is 0.312 e. The highest BCUT2D eigenvalue weighted by Crippen LogP contribution is 2.38. The zero-order valence-electron chi connectivity index (χ0n) is 10.1. The monoisotopic (exact) mass is 340 g/mol. The molecule has 0 saturated carbocycles. The Hall–Kier alpha value is -2.19. The van der Waals surface area contributed by atoms with Crippen molar-refractivity contribution in [3.63, 3.8) is 0 Å². The predicted octanol–water partition coefficient (Wildman–Crippen LogP) is 2.42. The molecule has 2 heterocycles. The first-order valence-electron chi connectivity index (χ1n) is 5.63. The number of anilines is 1. The second-order valence-corrected chi connectivity index (χ2v) is 5.09. The highest BCUT2D eigenvalue weighted by molar-refractivity contribution is 9.10. The van der Waals surface area contributed by atoms with Crippen molar-refractivity contribution in [2.75, 3.05) is 18.0 Å². The third-order valence-electron chi connectivity index (χ3n) is 2.93. The molecule has 20 heavy (non-hydrogen) atoms. The minimum absolute atomic E-state index is 0.141. The van der Waals surface area contributed by atoms with Gasteiger partial charge in [0.05, 0.1) is 9.40 Å². The van der Waals surface area contributed by atoms with Gasteiger partial charge in [-0.25, -0.2) is 0 Å². The number of aromatic nitrogens is 1. The van der Waals surface area contributed by atoms with E-state index in [2.05, 4.69) is 30.9 Å². The molecule has 1 fully saturated rings. The van der Waals surface area contributed by atoms with E-state index < -0.39 is 4.92 Å². The van der Waals surface area contributed by atoms with E-state index in [4.69, 9.17) is 5.53 Å². The number of hydrogen-bond donors (Lipinski definition) is 0. The molecule has 1 saturated heterocycles. The lowest BCUT2D eigenvalue weighted by Crippen LogP contribution is -2.26. The van der Waals surface area contributed by atoms with Gasteiger partial charge >= 0.3 is 5.69 Å². The second-order valence-electron chi connectivity index (χ2n) is 4.23. The van der Waals surface area contributed by atoms with Crippen LogP contribution in [0.4, 0.5) is 11.4 Å². The van der Waals surface area contributed by atoms with Crippen LogP contribution in [0.1, 0.15) is 6.42 Å². The minimum Gasteiger partial charge on any atom is -0.305 e. The first-order chi connectivity index (χ1) is 9.54. The van der Waals surface area contributed by atoms with Gasteiger partial charge in [-0.2, -0.15) is 0 Å². The summed E-state index contributed by atoms with van der Waals surface area (Å²) >= 11 is 3.18. The van der Waals surface area contributed by atoms with Crippen LogP contribution in [0.5, 0.6) is 0 Å². The lowest BCUT2D eigenvalue weighted by atomic mass is 10.1. The number of rotatable bonds is 4. The Morgan fingerprint density at radius 3 is 3.05 bits per heavy atom. The molecule has 0 spiro atoms. The molecule has 1 aromatic heterocycles. The van der Waals surface area contributed by atoms with Crippen LogP contribution in [0.2, 0.25) is 0 Å². The van der Waals surface area contributed by atoms with E-state index in [1.165, 1.54) is 11.1 Å². The van der Waals surface area contributed by atoms with Gasteiger partial charge in [0.1, 0.15) is 11.9 Å². The summed E-state index contributed by atoms with van der Waals surface area (Å²) in [5, 5.41) is 14.5. The van der Waals surface area contributed by atoms with Crippen molar-refractivity contribution in [3.8, 4) is 0 Å². The number of carbonyl (C=O) groups is 1. The molecular formula is C10H9BrN6O3. The predicted molar refractivity (Wildman–Crippen MR) is 73.1 cm³/mol. The highest BCUT2D eigenvalue weighted by atomic mass is 79.9. The van der Waals surface area contributed by atoms with Crippen LogP contribution < -0.4 is 4.90 Å². The summed E-state index contributed by atoms with van der Waals surface area (Å²) in [6.07, 6.45) is 2.70. The lowest BCUT2D eigenvalue weighted by molar-refractivity contribution is -0.384. The van der Waals surface area contributed by atoms with Gasteiger partial charge in [-0.3, -0.25) is 19.9 Å². The number of pyridine rings is 1. The molecule has 10 heteroatoms. The van der Waals surface area contributed by atoms with E-state index in [9.17, 15) is 14.9 Å². The molecule has 104 valence electrons. The Labute approximate surface area is 121 Å². The molecular weight excluding hydrogens is 332 g/mol. The van der Waals surface area contributed by atoms with Crippen molar-refractivity contribution in [1.82, 2.24) is 4.98 Å². The fourth-order valence-electron chi connectivity index (χ4n) is 2.09. The Morgan fingerprint density at radius 2 is 2.40 bits per heavy atom. The zero-order chi connectivity index (χ0) is 14.7. The normalized spacial score (nSPS) is 17.9. The highest BCUT2D eigenvalue weighted by Gasteiger charge is 2.35. The summed E-state index contributed by atoms with van der Waals surface area (Å²) in [5.41, 5.74) is 8.25. The molecule has 1 aliphatic heterocycles. The van der Waals surface area contributed by atoms with E-state index >= 15 is 0 Å². The number of nitro groups is 1. The van der Waals surface area contributed by atoms with Crippen LogP contribution in [0.15, 0.2) is 22.0 Å². The molecule has 1 amide bonds. The van der Waals surface area contributed by atoms with Crippen molar-refractivity contribution in [3.05, 3.63) is 37.4 Å². The van der Waals surface area contributed by atoms with Gasteiger partial charge in [0.2, 0.25) is 5.91 Å². The Balaban J connectivity index is 2.35. The van der Waals surface area contributed by atoms with Crippen molar-refractivity contribution >= 4 is 33.2 Å². The van der Waals surface area contributed by atoms with Gasteiger partial charge in [-0.15, -0.1) is 0 Å². The van der Waals surface area contributed by atoms with E-state index in [1.807, 2.05) is 0 Å². The quantitative estimate of drug-likeness (QED) is 0.274. The number of halogens is 1. The van der Waals surface area contributed by atoms with Crippen LogP contribution in [0, 0.1) is 16.0 Å². The zero-order valence-corrected chi connectivity index (χ0v) is 11.7. The average Bonchev–Trinajstić information content (AvgIpc) is 2.77. The first-order valence-corrected chi connectivity index (χ1v) is 6.43. The molecule has 9 nitrogen and oxygen atoms in total. The molecule has 0 aliphatic carbocycles. The maximum atomic E-state index is 12.0. The molecule has 1 aromatic rings. The Morgan fingerprint density at radius 1 is 1.65 bits per heavy atom. The minimum atomic E-state index is -0.582. The number of amides is 1. The van der Waals surface area contributed by atoms with Gasteiger partial charge in [-0.1, -0.05) is 5.11 Å². The van der Waals surface area contributed by atoms with E-state index in [0.717, 1.165) is 6.20 Å². The number of carbonyl (C=O) groups excluding carboxylic acids is 1. The summed E-state index contributed by atoms with van der Waals surface area (Å²) in [4.78, 5) is 30.2. The van der Waals surface area contributed by atoms with Gasteiger partial charge in [0.25, 0.3) is 0 Å². The van der Waals surface area contributed by atoms with Gasteiger partial charge < -0.3 is 4.90 Å². The Kier molecular flexibility index (Phi) is 4.16. The van der Waals surface area contributed by atoms with Crippen LogP contribution in [-0.2, 0) is 4.79 Å². The fourth-order valence-corrected chi connectivity index (χ4v) is 2.63. The van der Waals surface area contributed by atoms with Crippen molar-refractivity contribution in [2.45, 2.75) is 6.42 Å². The van der Waals surface area contributed by atoms with Crippen LogP contribution >= 0.6 is 15.9 Å². The second kappa shape index (κ2) is 5.85. The SMILES string of the molecule is [N-]=[N+]=NCC1CC(=O)N(c2c(Br)cncc2[N+](=O)[O-])C1. The molecule has 0 aromatic carbocycles. The van der Waals surface area contributed by atoms with Gasteiger partial charge in [0.15, 0.2) is 0 Å². The summed E-state index contributed by atoms with van der Waals surface area (Å²) in [6, 6.07) is 0. The molecule has 2 rings (SSSR count). The molecule has 0 radical (unpaired) electrons. The first kappa shape index (κ1) is 14.2. The van der Waals surface area contributed by atoms with E-state index in [0.29, 0.717) is 4.47 Å². The average molecular weight is 341 g/mol. The van der Waals surface area contributed by atoms with Crippen LogP contribution in [0.3, 0.4) is 0 Å². The summed E-state index contributed by atoms with van der Waals surface area (Å²) < 4.78 is 0.379. The molecule has 0 bridgehead atoms. The van der Waals surface area contributed by atoms with Crippen molar-refractivity contribution < 1.29 is 9.72 Å². The van der Waals surface area contributed by atoms with Gasteiger partial charge in [-0.05, 0) is 27.4 Å². The number of azide groups is 1. The fraction of sp³-hybridized carbons (Fsp3) is 0.400. The van der Waals surface area contributed by atoms with E-state index in [-0.39, 0.29) is 42.7 Å². The molecule has 1 unspecified atom stereocenters. The van der Waals surface area contributed by atoms with Gasteiger partial charge in [0, 0.05) is 30.6 Å². The summed E-state index contributed by atoms with van der Waals surface area (Å²) in [6.45, 7) is 0.469. The number of nitrogens with zero attached hydrogens (tertiary/aromatic N) is 6. The summed E-state index contributed by atoms with van der Waals surface area (Å²) in [7, 11) is 0. The van der Waals surface area contributed by atoms with Crippen LogP contribution in [-0.4, -0.2) is 28.9 Å². The third kappa shape index (κ3) is 2.70. The molecule has 1 aliphatic rings. The standard InChI is InChI=1S/C10H9BrN6O3/c11-7-3-13-4-8(17(19)20)10(7)16-5-6(1-9(16)18)2-14-15-12/h3-4,6H,1-2,5H2. The van der Waals surface area contributed by atoms with Crippen molar-refractivity contribution in [2.24, 2.45) is 11.0 Å². The van der Waals surface area contributed by atoms with Crippen LogP contribution in [0.25, 0.3) is 10.4 Å². The molecule has 1 atom stereocenters. The lowest BCUT2D eigenvalue weighted by Gasteiger charge is -2.17. The number of hydrogen-bond acceptors (Lipinski definition) is 5. The smallest absolute Gasteiger partial charge is 0.305 e. The maximum Gasteiger partial charge on any atom is 0.312 e.